The Balaban J connectivity index is 3.01. The van der Waals surface area contributed by atoms with Crippen molar-refractivity contribution in [3.05, 3.63) is 11.8 Å². The van der Waals surface area contributed by atoms with Gasteiger partial charge in [0.1, 0.15) is 11.3 Å². The van der Waals surface area contributed by atoms with E-state index in [1.54, 1.807) is 13.8 Å². The fraction of sp³-hybridized carbons (Fsp3) is 0.615. The zero-order valence-corrected chi connectivity index (χ0v) is 12.4. The maximum atomic E-state index is 11.7. The number of rotatable bonds is 3. The zero-order chi connectivity index (χ0) is 15.3. The number of hydrogen-bond donors (Lipinski definition) is 0. The van der Waals surface area contributed by atoms with E-state index in [0.717, 1.165) is 0 Å². The monoisotopic (exact) mass is 284 g/mol. The third kappa shape index (κ3) is 3.49. The van der Waals surface area contributed by atoms with E-state index < -0.39 is 17.6 Å². The molecule has 1 rings (SSSR count). The summed E-state index contributed by atoms with van der Waals surface area (Å²) in [5.74, 6) is -0.214. The average molecular weight is 284 g/mol. The van der Waals surface area contributed by atoms with Crippen LogP contribution in [0.1, 0.15) is 27.2 Å². The van der Waals surface area contributed by atoms with E-state index in [1.807, 2.05) is 6.92 Å². The Hall–Kier alpha value is -2.05. The minimum atomic E-state index is -0.746. The van der Waals surface area contributed by atoms with Crippen molar-refractivity contribution in [1.82, 2.24) is 4.90 Å². The summed E-state index contributed by atoms with van der Waals surface area (Å²) in [6.07, 6.45) is 1.38. The predicted octanol–water partition coefficient (Wildman–Crippen LogP) is 1.69. The van der Waals surface area contributed by atoms with Gasteiger partial charge in [-0.2, -0.15) is 0 Å². The van der Waals surface area contributed by atoms with E-state index in [1.165, 1.54) is 25.2 Å². The van der Waals surface area contributed by atoms with Crippen molar-refractivity contribution in [1.29, 1.82) is 0 Å². The molecule has 0 saturated heterocycles. The molecular weight excluding hydrogens is 264 g/mol. The molecule has 0 aromatic heterocycles. The molecule has 0 aromatic carbocycles. The number of aliphatic imine (C=N–C) groups is 1. The highest BCUT2D eigenvalue weighted by molar-refractivity contribution is 5.93. The maximum absolute atomic E-state index is 11.7. The first kappa shape index (κ1) is 16.0. The number of hydrogen-bond acceptors (Lipinski definition) is 6. The van der Waals surface area contributed by atoms with Gasteiger partial charge in [0.25, 0.3) is 0 Å². The standard InChI is InChI=1S/C13H20N2O5/c1-6-7-15(12(17)19-5)11-14-13(2,3)9(20-11)8-10(16)18-4/h8H,6-7H2,1-5H3/b9-8+. The third-order valence-electron chi connectivity index (χ3n) is 2.70. The molecule has 112 valence electrons. The van der Waals surface area contributed by atoms with Crippen LogP contribution >= 0.6 is 0 Å². The Labute approximate surface area is 118 Å². The van der Waals surface area contributed by atoms with Crippen LogP contribution in [0.2, 0.25) is 0 Å². The second-order valence-electron chi connectivity index (χ2n) is 4.71. The number of carbonyl (C=O) groups is 2. The minimum Gasteiger partial charge on any atom is -0.466 e. The minimum absolute atomic E-state index is 0.124. The van der Waals surface area contributed by atoms with E-state index in [4.69, 9.17) is 9.47 Å². The van der Waals surface area contributed by atoms with Crippen LogP contribution in [0.15, 0.2) is 16.8 Å². The Kier molecular flexibility index (Phi) is 5.12. The Morgan fingerprint density at radius 2 is 2.00 bits per heavy atom. The fourth-order valence-electron chi connectivity index (χ4n) is 1.63. The molecule has 1 aliphatic rings. The van der Waals surface area contributed by atoms with Crippen LogP contribution in [-0.4, -0.2) is 49.3 Å². The molecule has 20 heavy (non-hydrogen) atoms. The second-order valence-corrected chi connectivity index (χ2v) is 4.71. The Bertz CT molecular complexity index is 454. The molecule has 1 amide bonds. The molecule has 0 aromatic rings. The predicted molar refractivity (Wildman–Crippen MR) is 72.1 cm³/mol. The molecule has 0 spiro atoms. The van der Waals surface area contributed by atoms with Crippen molar-refractivity contribution >= 4 is 18.1 Å². The normalized spacial score (nSPS) is 18.2. The summed E-state index contributed by atoms with van der Waals surface area (Å²) in [5.41, 5.74) is -0.746. The summed E-state index contributed by atoms with van der Waals surface area (Å²) in [7, 11) is 2.57. The van der Waals surface area contributed by atoms with Crippen LogP contribution in [0.5, 0.6) is 0 Å². The molecule has 0 saturated carbocycles. The molecule has 1 heterocycles. The second kappa shape index (κ2) is 6.40. The SMILES string of the molecule is CCCN(C(=O)OC)C1=NC(C)(C)/C(=C\C(=O)OC)O1. The van der Waals surface area contributed by atoms with Crippen molar-refractivity contribution < 1.29 is 23.8 Å². The van der Waals surface area contributed by atoms with Gasteiger partial charge in [0.2, 0.25) is 0 Å². The van der Waals surface area contributed by atoms with Crippen molar-refractivity contribution in [2.75, 3.05) is 20.8 Å². The van der Waals surface area contributed by atoms with Gasteiger partial charge in [0.15, 0.2) is 0 Å². The molecule has 7 nitrogen and oxygen atoms in total. The van der Waals surface area contributed by atoms with Crippen LogP contribution in [0.4, 0.5) is 4.79 Å². The van der Waals surface area contributed by atoms with Crippen molar-refractivity contribution in [3.8, 4) is 0 Å². The van der Waals surface area contributed by atoms with Gasteiger partial charge in [-0.25, -0.2) is 19.5 Å². The lowest BCUT2D eigenvalue weighted by Gasteiger charge is -2.18. The van der Waals surface area contributed by atoms with E-state index in [-0.39, 0.29) is 6.02 Å². The van der Waals surface area contributed by atoms with Crippen molar-refractivity contribution in [2.45, 2.75) is 32.7 Å². The molecule has 0 atom stereocenters. The molecule has 0 aliphatic carbocycles. The highest BCUT2D eigenvalue weighted by Crippen LogP contribution is 2.30. The topological polar surface area (TPSA) is 77.4 Å². The highest BCUT2D eigenvalue weighted by Gasteiger charge is 2.38. The molecule has 7 heteroatoms. The smallest absolute Gasteiger partial charge is 0.417 e. The van der Waals surface area contributed by atoms with E-state index >= 15 is 0 Å². The Morgan fingerprint density at radius 3 is 2.50 bits per heavy atom. The largest absolute Gasteiger partial charge is 0.466 e. The molecule has 0 fully saturated rings. The fourth-order valence-corrected chi connectivity index (χ4v) is 1.63. The van der Waals surface area contributed by atoms with Crippen LogP contribution in [0.25, 0.3) is 0 Å². The molecular formula is C13H20N2O5. The maximum Gasteiger partial charge on any atom is 0.417 e. The van der Waals surface area contributed by atoms with Gasteiger partial charge in [-0.3, -0.25) is 0 Å². The van der Waals surface area contributed by atoms with Crippen LogP contribution in [0, 0.1) is 0 Å². The van der Waals surface area contributed by atoms with Crippen LogP contribution in [-0.2, 0) is 19.0 Å². The number of nitrogens with zero attached hydrogens (tertiary/aromatic N) is 2. The van der Waals surface area contributed by atoms with Crippen molar-refractivity contribution in [2.24, 2.45) is 4.99 Å². The summed E-state index contributed by atoms with van der Waals surface area (Å²) in [5, 5.41) is 0. The summed E-state index contributed by atoms with van der Waals surface area (Å²) in [6, 6.07) is 0.124. The molecule has 1 aliphatic heterocycles. The number of amides is 1. The van der Waals surface area contributed by atoms with Crippen LogP contribution < -0.4 is 0 Å². The van der Waals surface area contributed by atoms with E-state index in [0.29, 0.717) is 18.7 Å². The van der Waals surface area contributed by atoms with Gasteiger partial charge >= 0.3 is 18.1 Å². The highest BCUT2D eigenvalue weighted by atomic mass is 16.6. The van der Waals surface area contributed by atoms with Gasteiger partial charge in [0, 0.05) is 6.54 Å². The molecule has 0 radical (unpaired) electrons. The summed E-state index contributed by atoms with van der Waals surface area (Å²) in [4.78, 5) is 28.6. The van der Waals surface area contributed by atoms with Gasteiger partial charge in [0.05, 0.1) is 20.3 Å². The first-order valence-corrected chi connectivity index (χ1v) is 6.29. The quantitative estimate of drug-likeness (QED) is 0.582. The Morgan fingerprint density at radius 1 is 1.35 bits per heavy atom. The zero-order valence-electron chi connectivity index (χ0n) is 12.4. The molecule has 0 N–H and O–H groups in total. The number of carbonyl (C=O) groups excluding carboxylic acids is 2. The number of ether oxygens (including phenoxy) is 3. The number of esters is 1. The molecule has 0 unspecified atom stereocenters. The third-order valence-corrected chi connectivity index (χ3v) is 2.70. The summed E-state index contributed by atoms with van der Waals surface area (Å²) < 4.78 is 14.8. The number of methoxy groups -OCH3 is 2. The van der Waals surface area contributed by atoms with Crippen molar-refractivity contribution in [3.63, 3.8) is 0 Å². The lowest BCUT2D eigenvalue weighted by Crippen LogP contribution is -2.37. The number of amidine groups is 1. The van der Waals surface area contributed by atoms with Gasteiger partial charge in [-0.05, 0) is 20.3 Å². The van der Waals surface area contributed by atoms with Gasteiger partial charge in [-0.1, -0.05) is 6.92 Å². The molecule has 0 bridgehead atoms. The van der Waals surface area contributed by atoms with Gasteiger partial charge < -0.3 is 14.2 Å². The lowest BCUT2D eigenvalue weighted by molar-refractivity contribution is -0.135. The average Bonchev–Trinajstić information content (AvgIpc) is 2.70. The first-order valence-electron chi connectivity index (χ1n) is 6.29. The van der Waals surface area contributed by atoms with E-state index in [9.17, 15) is 9.59 Å². The first-order chi connectivity index (χ1) is 9.35. The lowest BCUT2D eigenvalue weighted by atomic mass is 10.0. The van der Waals surface area contributed by atoms with E-state index in [2.05, 4.69) is 9.73 Å². The van der Waals surface area contributed by atoms with Crippen LogP contribution in [0.3, 0.4) is 0 Å². The van der Waals surface area contributed by atoms with Gasteiger partial charge in [-0.15, -0.1) is 0 Å². The summed E-state index contributed by atoms with van der Waals surface area (Å²) >= 11 is 0. The summed E-state index contributed by atoms with van der Waals surface area (Å²) in [6.45, 7) is 5.88.